The Bertz CT molecular complexity index is 661. The van der Waals surface area contributed by atoms with Crippen molar-refractivity contribution in [3.05, 3.63) is 29.8 Å². The van der Waals surface area contributed by atoms with Crippen molar-refractivity contribution in [1.29, 1.82) is 0 Å². The summed E-state index contributed by atoms with van der Waals surface area (Å²) in [5, 5.41) is 3.11. The fraction of sp³-hybridized carbons (Fsp3) is 0.600. The number of piperidine rings is 1. The van der Waals surface area contributed by atoms with Gasteiger partial charge in [0.1, 0.15) is 0 Å². The maximum atomic E-state index is 12.9. The molecule has 1 aromatic carbocycles. The normalized spacial score (nSPS) is 22.8. The van der Waals surface area contributed by atoms with Crippen LogP contribution in [0.4, 0.5) is 10.5 Å². The average molecular weight is 358 g/mol. The second-order valence-electron chi connectivity index (χ2n) is 7.67. The van der Waals surface area contributed by atoms with E-state index in [2.05, 4.69) is 23.2 Å². The lowest BCUT2D eigenvalue weighted by molar-refractivity contribution is -0.129. The Labute approximate surface area is 156 Å². The third kappa shape index (κ3) is 4.18. The Hall–Kier alpha value is -2.08. The van der Waals surface area contributed by atoms with Crippen LogP contribution >= 0.6 is 0 Å². The number of carbonyl (C=O) groups is 2. The van der Waals surface area contributed by atoms with Crippen molar-refractivity contribution in [3.63, 3.8) is 0 Å². The van der Waals surface area contributed by atoms with Crippen molar-refractivity contribution < 1.29 is 9.59 Å². The molecule has 3 amide bonds. The minimum absolute atomic E-state index is 0.0126. The molecule has 3 saturated heterocycles. The zero-order chi connectivity index (χ0) is 18.7. The third-order valence-corrected chi connectivity index (χ3v) is 5.55. The Morgan fingerprint density at radius 3 is 2.65 bits per heavy atom. The average Bonchev–Trinajstić information content (AvgIpc) is 2.92. The second-order valence-corrected chi connectivity index (χ2v) is 7.67. The molecule has 3 fully saturated rings. The number of urea groups is 1. The molecule has 3 aliphatic heterocycles. The summed E-state index contributed by atoms with van der Waals surface area (Å²) in [5.74, 6) is 0.565. The first-order chi connectivity index (χ1) is 12.5. The molecule has 3 aliphatic rings. The number of anilines is 1. The minimum Gasteiger partial charge on any atom is -0.348 e. The lowest BCUT2D eigenvalue weighted by atomic mass is 9.95. The summed E-state index contributed by atoms with van der Waals surface area (Å²) in [4.78, 5) is 30.9. The highest BCUT2D eigenvalue weighted by atomic mass is 16.2. The molecule has 0 spiro atoms. The van der Waals surface area contributed by atoms with Gasteiger partial charge in [0.25, 0.3) is 0 Å². The van der Waals surface area contributed by atoms with Crippen molar-refractivity contribution in [1.82, 2.24) is 14.7 Å². The number of para-hydroxylation sites is 1. The highest BCUT2D eigenvalue weighted by Crippen LogP contribution is 2.29. The zero-order valence-corrected chi connectivity index (χ0v) is 16.1. The van der Waals surface area contributed by atoms with Gasteiger partial charge < -0.3 is 15.1 Å². The lowest BCUT2D eigenvalue weighted by Crippen LogP contribution is -2.49. The van der Waals surface area contributed by atoms with Gasteiger partial charge in [0, 0.05) is 45.5 Å². The van der Waals surface area contributed by atoms with Crippen molar-refractivity contribution in [3.8, 4) is 0 Å². The van der Waals surface area contributed by atoms with Gasteiger partial charge in [-0.1, -0.05) is 25.1 Å². The fourth-order valence-corrected chi connectivity index (χ4v) is 4.03. The van der Waals surface area contributed by atoms with E-state index in [1.54, 1.807) is 19.0 Å². The number of likely N-dealkylation sites (N-methyl/N-ethyl adjacent to an activating group) is 1. The molecule has 2 atom stereocenters. The molecule has 142 valence electrons. The molecule has 1 aromatic rings. The number of nitrogens with zero attached hydrogens (tertiary/aromatic N) is 3. The van der Waals surface area contributed by atoms with Crippen LogP contribution in [0.25, 0.3) is 0 Å². The van der Waals surface area contributed by atoms with Gasteiger partial charge in [-0.2, -0.15) is 0 Å². The van der Waals surface area contributed by atoms with Crippen molar-refractivity contribution in [2.24, 2.45) is 5.92 Å². The van der Waals surface area contributed by atoms with E-state index in [-0.39, 0.29) is 18.0 Å². The molecule has 2 unspecified atom stereocenters. The summed E-state index contributed by atoms with van der Waals surface area (Å²) in [6, 6.07) is 8.15. The number of nitrogens with one attached hydrogen (secondary N) is 1. The van der Waals surface area contributed by atoms with Crippen LogP contribution in [0.5, 0.6) is 0 Å². The van der Waals surface area contributed by atoms with Crippen LogP contribution < -0.4 is 5.32 Å². The first-order valence-corrected chi connectivity index (χ1v) is 9.56. The van der Waals surface area contributed by atoms with Crippen LogP contribution in [0.2, 0.25) is 0 Å². The molecule has 0 aliphatic carbocycles. The summed E-state index contributed by atoms with van der Waals surface area (Å²) < 4.78 is 0. The summed E-state index contributed by atoms with van der Waals surface area (Å²) in [6.45, 7) is 4.98. The number of fused-ring (bicyclic) bond motifs is 4. The Morgan fingerprint density at radius 1 is 1.15 bits per heavy atom. The molecule has 0 radical (unpaired) electrons. The summed E-state index contributed by atoms with van der Waals surface area (Å²) in [6.07, 6.45) is 3.04. The number of rotatable bonds is 4. The van der Waals surface area contributed by atoms with Crippen LogP contribution in [0, 0.1) is 5.92 Å². The van der Waals surface area contributed by atoms with E-state index in [1.165, 1.54) is 0 Å². The smallest absolute Gasteiger partial charge is 0.322 e. The molecular formula is C20H30N4O2. The van der Waals surface area contributed by atoms with Crippen LogP contribution in [0.1, 0.15) is 25.3 Å². The number of benzene rings is 1. The van der Waals surface area contributed by atoms with Crippen molar-refractivity contribution in [2.75, 3.05) is 45.6 Å². The molecule has 0 aromatic heterocycles. The topological polar surface area (TPSA) is 55.9 Å². The molecule has 6 heteroatoms. The van der Waals surface area contributed by atoms with E-state index in [9.17, 15) is 9.59 Å². The highest BCUT2D eigenvalue weighted by molar-refractivity contribution is 5.90. The van der Waals surface area contributed by atoms with E-state index in [0.717, 1.165) is 50.1 Å². The summed E-state index contributed by atoms with van der Waals surface area (Å²) >= 11 is 0. The Balaban J connectivity index is 1.68. The van der Waals surface area contributed by atoms with Gasteiger partial charge in [0.05, 0.1) is 6.54 Å². The number of hydrogen-bond acceptors (Lipinski definition) is 3. The SMILES string of the molecule is CCc1ccccc1NC(=O)N1CC2CCC1CN(CC(=O)N(C)C)C2. The van der Waals surface area contributed by atoms with Gasteiger partial charge in [0.15, 0.2) is 0 Å². The maximum Gasteiger partial charge on any atom is 0.322 e. The molecule has 1 N–H and O–H groups in total. The number of amides is 3. The van der Waals surface area contributed by atoms with E-state index >= 15 is 0 Å². The number of hydrogen-bond donors (Lipinski definition) is 1. The highest BCUT2D eigenvalue weighted by Gasteiger charge is 2.37. The van der Waals surface area contributed by atoms with E-state index in [4.69, 9.17) is 0 Å². The number of aryl methyl sites for hydroxylation is 1. The summed E-state index contributed by atoms with van der Waals surface area (Å²) in [7, 11) is 3.58. The molecule has 4 rings (SSSR count). The first kappa shape index (κ1) is 18.7. The first-order valence-electron chi connectivity index (χ1n) is 9.56. The van der Waals surface area contributed by atoms with Gasteiger partial charge in [-0.15, -0.1) is 0 Å². The van der Waals surface area contributed by atoms with Gasteiger partial charge in [0.2, 0.25) is 5.91 Å². The predicted octanol–water partition coefficient (Wildman–Crippen LogP) is 2.27. The Morgan fingerprint density at radius 2 is 1.92 bits per heavy atom. The molecule has 2 bridgehead atoms. The maximum absolute atomic E-state index is 12.9. The molecule has 6 nitrogen and oxygen atoms in total. The Kier molecular flexibility index (Phi) is 5.81. The van der Waals surface area contributed by atoms with Crippen LogP contribution in [0.15, 0.2) is 24.3 Å². The van der Waals surface area contributed by atoms with Gasteiger partial charge >= 0.3 is 6.03 Å². The van der Waals surface area contributed by atoms with Crippen LogP contribution in [0.3, 0.4) is 0 Å². The standard InChI is InChI=1S/C20H30N4O2/c1-4-16-7-5-6-8-18(16)21-20(26)24-12-15-9-10-17(24)13-23(11-15)14-19(25)22(2)3/h5-8,15,17H,4,9-14H2,1-3H3,(H,21,26). The van der Waals surface area contributed by atoms with E-state index < -0.39 is 0 Å². The molecule has 26 heavy (non-hydrogen) atoms. The van der Waals surface area contributed by atoms with E-state index in [0.29, 0.717) is 12.5 Å². The third-order valence-electron chi connectivity index (χ3n) is 5.55. The van der Waals surface area contributed by atoms with Crippen LogP contribution in [-0.2, 0) is 11.2 Å². The predicted molar refractivity (Wildman–Crippen MR) is 103 cm³/mol. The second kappa shape index (κ2) is 8.08. The van der Waals surface area contributed by atoms with Crippen molar-refractivity contribution >= 4 is 17.6 Å². The van der Waals surface area contributed by atoms with Gasteiger partial charge in [-0.25, -0.2) is 4.79 Å². The number of carbonyl (C=O) groups excluding carboxylic acids is 2. The quantitative estimate of drug-likeness (QED) is 0.898. The van der Waals surface area contributed by atoms with E-state index in [1.807, 2.05) is 23.1 Å². The van der Waals surface area contributed by atoms with Crippen molar-refractivity contribution in [2.45, 2.75) is 32.2 Å². The summed E-state index contributed by atoms with van der Waals surface area (Å²) in [5.41, 5.74) is 2.05. The van der Waals surface area contributed by atoms with Crippen LogP contribution in [-0.4, -0.2) is 73.0 Å². The van der Waals surface area contributed by atoms with Gasteiger partial charge in [-0.05, 0) is 36.8 Å². The fourth-order valence-electron chi connectivity index (χ4n) is 4.03. The van der Waals surface area contributed by atoms with Gasteiger partial charge in [-0.3, -0.25) is 9.69 Å². The molecule has 3 heterocycles. The zero-order valence-electron chi connectivity index (χ0n) is 16.1. The molecule has 0 saturated carbocycles. The largest absolute Gasteiger partial charge is 0.348 e. The minimum atomic E-state index is -0.0126. The molecular weight excluding hydrogens is 328 g/mol. The monoisotopic (exact) mass is 358 g/mol. The lowest BCUT2D eigenvalue weighted by Gasteiger charge is -2.36.